The molecule has 4 aromatic heterocycles. The van der Waals surface area contributed by atoms with Crippen LogP contribution in [0, 0.1) is 17.2 Å². The lowest BCUT2D eigenvalue weighted by molar-refractivity contribution is -0.155. The summed E-state index contributed by atoms with van der Waals surface area (Å²) in [6.45, 7) is 1.02. The van der Waals surface area contributed by atoms with E-state index in [1.165, 1.54) is 22.4 Å². The van der Waals surface area contributed by atoms with Crippen LogP contribution in [0.25, 0.3) is 27.5 Å². The van der Waals surface area contributed by atoms with Gasteiger partial charge in [0, 0.05) is 56.3 Å². The van der Waals surface area contributed by atoms with Crippen LogP contribution in [-0.4, -0.2) is 96.4 Å². The predicted molar refractivity (Wildman–Crippen MR) is 213 cm³/mol. The number of nitrogens with zero attached hydrogens (tertiary/aromatic N) is 9. The lowest BCUT2D eigenvalue weighted by atomic mass is 9.84. The van der Waals surface area contributed by atoms with Crippen molar-refractivity contribution in [2.45, 2.75) is 69.4 Å². The largest absolute Gasteiger partial charge is 0.387 e. The molecule has 5 amide bonds. The van der Waals surface area contributed by atoms with Crippen LogP contribution in [0.1, 0.15) is 88.6 Å². The standard InChI is InChI=1S/C41H39N11O5S/c1-44-29-18-30(31-10-9-26-17-22(19-42)20-46-52(26)31)45-21-28(29)38-48-47-37(58-38)24-5-7-25(8-6-24)50-34(53)12-11-33(40(50)56)51-39(55)27-3-2-4-32(35(27)41(51)57)49-15-13-23(14-16-49)36(43)54/h2-4,9-10,17-18,20-21,23-25,33H,5-8,11-16H2,1H3,(H2,43,54)(H,44,45). The van der Waals surface area contributed by atoms with E-state index in [9.17, 15) is 29.2 Å². The lowest BCUT2D eigenvalue weighted by Crippen LogP contribution is -2.59. The van der Waals surface area contributed by atoms with Crippen LogP contribution in [0.3, 0.4) is 0 Å². The molecule has 0 bridgehead atoms. The number of rotatable bonds is 8. The molecule has 0 radical (unpaired) electrons. The number of piperidine rings is 2. The number of hydrogen-bond donors (Lipinski definition) is 2. The molecule has 1 saturated carbocycles. The van der Waals surface area contributed by atoms with Crippen LogP contribution in [0.2, 0.25) is 0 Å². The van der Waals surface area contributed by atoms with E-state index >= 15 is 0 Å². The number of fused-ring (bicyclic) bond motifs is 2. The monoisotopic (exact) mass is 797 g/mol. The zero-order chi connectivity index (χ0) is 40.2. The summed E-state index contributed by atoms with van der Waals surface area (Å²) >= 11 is 1.49. The molecule has 3 fully saturated rings. The molecule has 1 aromatic carbocycles. The van der Waals surface area contributed by atoms with Gasteiger partial charge in [-0.25, -0.2) is 4.52 Å². The minimum atomic E-state index is -1.08. The van der Waals surface area contributed by atoms with Gasteiger partial charge in [0.2, 0.25) is 11.8 Å². The van der Waals surface area contributed by atoms with Crippen LogP contribution in [0.4, 0.5) is 11.4 Å². The molecule has 9 rings (SSSR count). The quantitative estimate of drug-likeness (QED) is 0.210. The van der Waals surface area contributed by atoms with E-state index in [1.807, 2.05) is 30.1 Å². The Labute approximate surface area is 336 Å². The van der Waals surface area contributed by atoms with Crippen molar-refractivity contribution in [2.75, 3.05) is 30.4 Å². The van der Waals surface area contributed by atoms with Gasteiger partial charge in [-0.15, -0.1) is 10.2 Å². The van der Waals surface area contributed by atoms with Gasteiger partial charge in [-0.2, -0.15) is 10.4 Å². The van der Waals surface area contributed by atoms with Gasteiger partial charge in [0.05, 0.1) is 51.0 Å². The zero-order valence-corrected chi connectivity index (χ0v) is 32.4. The Balaban J connectivity index is 0.873. The fourth-order valence-corrected chi connectivity index (χ4v) is 10.0. The molecule has 17 heteroatoms. The number of carbonyl (C=O) groups excluding carboxylic acids is 5. The SMILES string of the molecule is CNc1cc(-c2ccc3cc(C#N)cnn23)ncc1-c1nnc(C2CCC(N3C(=O)CCC(N4C(=O)c5cccc(N6CCC(C(N)=O)CC6)c5C4=O)C3=O)CC2)s1. The molecule has 16 nitrogen and oxygen atoms in total. The highest BCUT2D eigenvalue weighted by molar-refractivity contribution is 7.14. The number of carbonyl (C=O) groups is 5. The number of pyridine rings is 1. The number of nitrogens with two attached hydrogens (primary N) is 1. The van der Waals surface area contributed by atoms with Gasteiger partial charge in [-0.3, -0.25) is 38.8 Å². The molecule has 4 aliphatic rings. The summed E-state index contributed by atoms with van der Waals surface area (Å²) in [5.74, 6) is -2.36. The number of anilines is 2. The fourth-order valence-electron chi connectivity index (χ4n) is 8.96. The number of nitrogens with one attached hydrogen (secondary N) is 1. The molecule has 0 spiro atoms. The second-order valence-corrected chi connectivity index (χ2v) is 16.2. The minimum Gasteiger partial charge on any atom is -0.387 e. The summed E-state index contributed by atoms with van der Waals surface area (Å²) in [5.41, 5.74) is 11.0. The third-order valence-electron chi connectivity index (χ3n) is 12.0. The van der Waals surface area contributed by atoms with Gasteiger partial charge >= 0.3 is 0 Å². The number of likely N-dealkylation sites (tertiary alicyclic amines) is 1. The maximum atomic E-state index is 14.2. The third-order valence-corrected chi connectivity index (χ3v) is 13.2. The van der Waals surface area contributed by atoms with Crippen molar-refractivity contribution in [3.63, 3.8) is 0 Å². The summed E-state index contributed by atoms with van der Waals surface area (Å²) < 4.78 is 1.74. The topological polar surface area (TPSA) is 213 Å². The number of hydrogen-bond acceptors (Lipinski definition) is 13. The number of amides is 5. The molecule has 1 atom stereocenters. The van der Waals surface area contributed by atoms with Gasteiger partial charge in [0.25, 0.3) is 17.7 Å². The Morgan fingerprint density at radius 3 is 2.45 bits per heavy atom. The predicted octanol–water partition coefficient (Wildman–Crippen LogP) is 4.37. The van der Waals surface area contributed by atoms with Crippen molar-refractivity contribution in [3.8, 4) is 28.0 Å². The normalized spacial score (nSPS) is 21.4. The minimum absolute atomic E-state index is 0.0526. The van der Waals surface area contributed by atoms with Gasteiger partial charge < -0.3 is 16.0 Å². The highest BCUT2D eigenvalue weighted by atomic mass is 32.1. The van der Waals surface area contributed by atoms with Gasteiger partial charge in [0.1, 0.15) is 17.1 Å². The van der Waals surface area contributed by atoms with Crippen LogP contribution in [-0.2, 0) is 14.4 Å². The second-order valence-electron chi connectivity index (χ2n) is 15.2. The lowest BCUT2D eigenvalue weighted by Gasteiger charge is -2.41. The molecule has 1 aliphatic carbocycles. The first kappa shape index (κ1) is 37.1. The number of imide groups is 2. The maximum Gasteiger partial charge on any atom is 0.264 e. The van der Waals surface area contributed by atoms with E-state index in [-0.39, 0.29) is 53.7 Å². The first-order chi connectivity index (χ1) is 28.1. The van der Waals surface area contributed by atoms with Crippen molar-refractivity contribution in [2.24, 2.45) is 11.7 Å². The highest BCUT2D eigenvalue weighted by Gasteiger charge is 2.50. The summed E-state index contributed by atoms with van der Waals surface area (Å²) in [7, 11) is 1.83. The first-order valence-electron chi connectivity index (χ1n) is 19.5. The molecule has 3 N–H and O–H groups in total. The summed E-state index contributed by atoms with van der Waals surface area (Å²) in [6, 6.07) is 13.3. The average Bonchev–Trinajstić information content (AvgIpc) is 3.97. The Morgan fingerprint density at radius 1 is 0.914 bits per heavy atom. The van der Waals surface area contributed by atoms with Crippen LogP contribution in [0.15, 0.2) is 54.9 Å². The number of nitriles is 1. The number of primary amides is 1. The second kappa shape index (κ2) is 14.8. The Hall–Kier alpha value is -6.54. The van der Waals surface area contributed by atoms with Gasteiger partial charge in [-0.05, 0) is 81.3 Å². The molecular formula is C41H39N11O5S. The smallest absolute Gasteiger partial charge is 0.264 e. The number of benzene rings is 1. The molecule has 3 aliphatic heterocycles. The van der Waals surface area contributed by atoms with Crippen molar-refractivity contribution < 1.29 is 24.0 Å². The summed E-state index contributed by atoms with van der Waals surface area (Å²) in [4.78, 5) is 76.2. The van der Waals surface area contributed by atoms with Crippen LogP contribution >= 0.6 is 11.3 Å². The Morgan fingerprint density at radius 2 is 1.71 bits per heavy atom. The average molecular weight is 798 g/mol. The Bertz CT molecular complexity index is 2560. The zero-order valence-electron chi connectivity index (χ0n) is 31.6. The highest BCUT2D eigenvalue weighted by Crippen LogP contribution is 2.42. The van der Waals surface area contributed by atoms with Crippen molar-refractivity contribution >= 4 is 57.8 Å². The summed E-state index contributed by atoms with van der Waals surface area (Å²) in [5, 5.41) is 27.6. The molecule has 2 saturated heterocycles. The molecule has 5 aromatic rings. The van der Waals surface area contributed by atoms with E-state index < -0.39 is 23.8 Å². The number of aromatic nitrogens is 5. The van der Waals surface area contributed by atoms with Crippen molar-refractivity contribution in [1.29, 1.82) is 5.26 Å². The van der Waals surface area contributed by atoms with E-state index in [4.69, 9.17) is 10.7 Å². The molecule has 1 unspecified atom stereocenters. The van der Waals surface area contributed by atoms with E-state index in [1.54, 1.807) is 35.0 Å². The van der Waals surface area contributed by atoms with Gasteiger partial charge in [-0.1, -0.05) is 17.4 Å². The van der Waals surface area contributed by atoms with Crippen molar-refractivity contribution in [1.82, 2.24) is 34.6 Å². The van der Waals surface area contributed by atoms with E-state index in [0.29, 0.717) is 73.6 Å². The first-order valence-corrected chi connectivity index (χ1v) is 20.3. The third kappa shape index (κ3) is 6.24. The van der Waals surface area contributed by atoms with Crippen LogP contribution < -0.4 is 16.0 Å². The van der Waals surface area contributed by atoms with Crippen LogP contribution in [0.5, 0.6) is 0 Å². The van der Waals surface area contributed by atoms with Crippen molar-refractivity contribution in [3.05, 3.63) is 76.6 Å². The van der Waals surface area contributed by atoms with Gasteiger partial charge in [0.15, 0.2) is 5.01 Å². The summed E-state index contributed by atoms with van der Waals surface area (Å²) in [6.07, 6.45) is 7.00. The fraction of sp³-hybridized carbons (Fsp3) is 0.366. The molecule has 7 heterocycles. The molecule has 58 heavy (non-hydrogen) atoms. The van der Waals surface area contributed by atoms with E-state index in [2.05, 4.69) is 26.7 Å². The Kier molecular flexibility index (Phi) is 9.43. The molecular weight excluding hydrogens is 759 g/mol. The molecule has 294 valence electrons. The maximum absolute atomic E-state index is 14.2. The van der Waals surface area contributed by atoms with E-state index in [0.717, 1.165) is 32.4 Å².